The molecule has 0 amide bonds. The molecule has 2 rings (SSSR count). The van der Waals surface area contributed by atoms with Crippen LogP contribution in [0.3, 0.4) is 0 Å². The number of rotatable bonds is 6. The van der Waals surface area contributed by atoms with Gasteiger partial charge in [0.05, 0.1) is 12.7 Å². The van der Waals surface area contributed by atoms with Crippen molar-refractivity contribution in [3.8, 4) is 0 Å². The fourth-order valence-corrected chi connectivity index (χ4v) is 2.82. The van der Waals surface area contributed by atoms with Crippen molar-refractivity contribution in [3.05, 3.63) is 35.4 Å². The Morgan fingerprint density at radius 2 is 1.95 bits per heavy atom. The third-order valence-electron chi connectivity index (χ3n) is 4.10. The van der Waals surface area contributed by atoms with E-state index in [-0.39, 0.29) is 5.97 Å². The maximum atomic E-state index is 11.4. The molecule has 1 aromatic carbocycles. The van der Waals surface area contributed by atoms with E-state index in [1.807, 2.05) is 24.3 Å². The number of methoxy groups -OCH3 is 1. The topological polar surface area (TPSA) is 41.6 Å². The minimum Gasteiger partial charge on any atom is -0.465 e. The molecule has 4 heteroatoms. The second kappa shape index (κ2) is 8.15. The SMILES string of the molecule is CCCN1CCC(NCc2ccc(C(=O)OC)cc2)CC1. The molecular weight excluding hydrogens is 264 g/mol. The molecule has 4 nitrogen and oxygen atoms in total. The summed E-state index contributed by atoms with van der Waals surface area (Å²) >= 11 is 0. The molecule has 1 saturated heterocycles. The number of esters is 1. The molecule has 0 aliphatic carbocycles. The van der Waals surface area contributed by atoms with Gasteiger partial charge in [0.2, 0.25) is 0 Å². The van der Waals surface area contributed by atoms with Gasteiger partial charge in [0.1, 0.15) is 0 Å². The zero-order valence-corrected chi connectivity index (χ0v) is 13.1. The van der Waals surface area contributed by atoms with Crippen molar-refractivity contribution in [2.45, 2.75) is 38.8 Å². The number of hydrogen-bond donors (Lipinski definition) is 1. The van der Waals surface area contributed by atoms with Gasteiger partial charge in [0.15, 0.2) is 0 Å². The second-order valence-corrected chi connectivity index (χ2v) is 5.69. The van der Waals surface area contributed by atoms with Gasteiger partial charge >= 0.3 is 5.97 Å². The summed E-state index contributed by atoms with van der Waals surface area (Å²) in [5.74, 6) is -0.280. The van der Waals surface area contributed by atoms with Gasteiger partial charge < -0.3 is 15.0 Å². The number of piperidine rings is 1. The zero-order valence-electron chi connectivity index (χ0n) is 13.1. The lowest BCUT2D eigenvalue weighted by atomic mass is 10.0. The molecule has 1 N–H and O–H groups in total. The van der Waals surface area contributed by atoms with Gasteiger partial charge in [-0.2, -0.15) is 0 Å². The molecule has 1 fully saturated rings. The highest BCUT2D eigenvalue weighted by atomic mass is 16.5. The Morgan fingerprint density at radius 1 is 1.29 bits per heavy atom. The van der Waals surface area contributed by atoms with Gasteiger partial charge in [-0.3, -0.25) is 0 Å². The summed E-state index contributed by atoms with van der Waals surface area (Å²) in [6.07, 6.45) is 3.69. The molecule has 21 heavy (non-hydrogen) atoms. The van der Waals surface area contributed by atoms with Crippen molar-refractivity contribution < 1.29 is 9.53 Å². The number of hydrogen-bond acceptors (Lipinski definition) is 4. The molecule has 116 valence electrons. The predicted molar refractivity (Wildman–Crippen MR) is 84.4 cm³/mol. The van der Waals surface area contributed by atoms with Crippen LogP contribution in [0.5, 0.6) is 0 Å². The molecule has 1 aromatic rings. The van der Waals surface area contributed by atoms with Crippen LogP contribution in [0.25, 0.3) is 0 Å². The van der Waals surface area contributed by atoms with Gasteiger partial charge in [-0.15, -0.1) is 0 Å². The van der Waals surface area contributed by atoms with Crippen molar-refractivity contribution in [2.24, 2.45) is 0 Å². The average Bonchev–Trinajstić information content (AvgIpc) is 2.54. The molecule has 1 heterocycles. The van der Waals surface area contributed by atoms with Crippen LogP contribution >= 0.6 is 0 Å². The lowest BCUT2D eigenvalue weighted by Crippen LogP contribution is -2.42. The summed E-state index contributed by atoms with van der Waals surface area (Å²) in [6, 6.07) is 8.24. The fraction of sp³-hybridized carbons (Fsp3) is 0.588. The highest BCUT2D eigenvalue weighted by Gasteiger charge is 2.17. The molecule has 0 radical (unpaired) electrons. The van der Waals surface area contributed by atoms with E-state index >= 15 is 0 Å². The van der Waals surface area contributed by atoms with E-state index < -0.39 is 0 Å². The van der Waals surface area contributed by atoms with Crippen molar-refractivity contribution in [1.29, 1.82) is 0 Å². The van der Waals surface area contributed by atoms with E-state index in [1.54, 1.807) is 0 Å². The molecule has 0 bridgehead atoms. The van der Waals surface area contributed by atoms with E-state index in [0.717, 1.165) is 6.54 Å². The van der Waals surface area contributed by atoms with Crippen LogP contribution in [0.2, 0.25) is 0 Å². The standard InChI is InChI=1S/C17H26N2O2/c1-3-10-19-11-8-16(9-12-19)18-13-14-4-6-15(7-5-14)17(20)21-2/h4-7,16,18H,3,8-13H2,1-2H3. The number of carbonyl (C=O) groups is 1. The Balaban J connectivity index is 1.75. The Kier molecular flexibility index (Phi) is 6.21. The van der Waals surface area contributed by atoms with Gasteiger partial charge in [0.25, 0.3) is 0 Å². The van der Waals surface area contributed by atoms with Crippen molar-refractivity contribution >= 4 is 5.97 Å². The molecular formula is C17H26N2O2. The first-order valence-corrected chi connectivity index (χ1v) is 7.86. The van der Waals surface area contributed by atoms with Crippen LogP contribution in [-0.4, -0.2) is 43.7 Å². The zero-order chi connectivity index (χ0) is 15.1. The summed E-state index contributed by atoms with van der Waals surface area (Å²) < 4.78 is 4.70. The number of nitrogens with one attached hydrogen (secondary N) is 1. The van der Waals surface area contributed by atoms with Gasteiger partial charge in [-0.1, -0.05) is 19.1 Å². The summed E-state index contributed by atoms with van der Waals surface area (Å²) in [4.78, 5) is 13.9. The normalized spacial score (nSPS) is 16.9. The Hall–Kier alpha value is -1.39. The highest BCUT2D eigenvalue weighted by molar-refractivity contribution is 5.89. The summed E-state index contributed by atoms with van der Waals surface area (Å²) in [5.41, 5.74) is 1.81. The molecule has 0 spiro atoms. The first kappa shape index (κ1) is 16.0. The summed E-state index contributed by atoms with van der Waals surface area (Å²) in [6.45, 7) is 6.73. The van der Waals surface area contributed by atoms with Crippen molar-refractivity contribution in [3.63, 3.8) is 0 Å². The third-order valence-corrected chi connectivity index (χ3v) is 4.10. The van der Waals surface area contributed by atoms with Crippen molar-refractivity contribution in [1.82, 2.24) is 10.2 Å². The maximum absolute atomic E-state index is 11.4. The Bertz CT molecular complexity index is 437. The van der Waals surface area contributed by atoms with E-state index in [1.165, 1.54) is 51.6 Å². The van der Waals surface area contributed by atoms with E-state index in [2.05, 4.69) is 17.1 Å². The second-order valence-electron chi connectivity index (χ2n) is 5.69. The number of nitrogens with zero attached hydrogens (tertiary/aromatic N) is 1. The van der Waals surface area contributed by atoms with Crippen molar-refractivity contribution in [2.75, 3.05) is 26.7 Å². The lowest BCUT2D eigenvalue weighted by molar-refractivity contribution is 0.0600. The van der Waals surface area contributed by atoms with Crippen LogP contribution in [-0.2, 0) is 11.3 Å². The fourth-order valence-electron chi connectivity index (χ4n) is 2.82. The van der Waals surface area contributed by atoms with Gasteiger partial charge in [-0.05, 0) is 56.6 Å². The van der Waals surface area contributed by atoms with E-state index in [4.69, 9.17) is 4.74 Å². The number of benzene rings is 1. The van der Waals surface area contributed by atoms with Gasteiger partial charge in [-0.25, -0.2) is 4.79 Å². The number of likely N-dealkylation sites (tertiary alicyclic amines) is 1. The minimum atomic E-state index is -0.280. The summed E-state index contributed by atoms with van der Waals surface area (Å²) in [5, 5.41) is 3.62. The van der Waals surface area contributed by atoms with Crippen LogP contribution < -0.4 is 5.32 Å². The molecule has 0 atom stereocenters. The average molecular weight is 290 g/mol. The summed E-state index contributed by atoms with van der Waals surface area (Å²) in [7, 11) is 1.41. The predicted octanol–water partition coefficient (Wildman–Crippen LogP) is 2.44. The van der Waals surface area contributed by atoms with E-state index in [9.17, 15) is 4.79 Å². The largest absolute Gasteiger partial charge is 0.465 e. The van der Waals surface area contributed by atoms with Crippen LogP contribution in [0.1, 0.15) is 42.1 Å². The molecule has 0 unspecified atom stereocenters. The van der Waals surface area contributed by atoms with Crippen LogP contribution in [0, 0.1) is 0 Å². The molecule has 1 aliphatic heterocycles. The Labute approximate surface area is 127 Å². The third kappa shape index (κ3) is 4.83. The molecule has 0 saturated carbocycles. The van der Waals surface area contributed by atoms with Gasteiger partial charge in [0, 0.05) is 12.6 Å². The Morgan fingerprint density at radius 3 is 2.52 bits per heavy atom. The number of ether oxygens (including phenoxy) is 1. The minimum absolute atomic E-state index is 0.280. The molecule has 0 aromatic heterocycles. The lowest BCUT2D eigenvalue weighted by Gasteiger charge is -2.32. The quantitative estimate of drug-likeness (QED) is 0.817. The first-order chi connectivity index (χ1) is 10.2. The van der Waals surface area contributed by atoms with E-state index in [0.29, 0.717) is 11.6 Å². The molecule has 1 aliphatic rings. The first-order valence-electron chi connectivity index (χ1n) is 7.86. The van der Waals surface area contributed by atoms with Crippen LogP contribution in [0.4, 0.5) is 0 Å². The highest BCUT2D eigenvalue weighted by Crippen LogP contribution is 2.12. The number of carbonyl (C=O) groups excluding carboxylic acids is 1. The van der Waals surface area contributed by atoms with Crippen LogP contribution in [0.15, 0.2) is 24.3 Å². The maximum Gasteiger partial charge on any atom is 0.337 e. The smallest absolute Gasteiger partial charge is 0.337 e. The monoisotopic (exact) mass is 290 g/mol.